The third-order valence-corrected chi connectivity index (χ3v) is 8.74. The molecule has 0 radical (unpaired) electrons. The molecule has 0 unspecified atom stereocenters. The Morgan fingerprint density at radius 3 is 2.41 bits per heavy atom. The largest absolute Gasteiger partial charge is 0.321 e. The highest BCUT2D eigenvalue weighted by Crippen LogP contribution is 2.38. The first-order chi connectivity index (χ1) is 13.4. The lowest BCUT2D eigenvalue weighted by atomic mass is 9.93. The maximum Gasteiger partial charge on any atom is 0.170 e. The molecule has 2 aromatic carbocycles. The van der Waals surface area contributed by atoms with E-state index in [-0.39, 0.29) is 5.56 Å². The predicted molar refractivity (Wildman–Crippen MR) is 117 cm³/mol. The van der Waals surface area contributed by atoms with Crippen LogP contribution in [0.15, 0.2) is 30.3 Å². The molecule has 0 amide bonds. The van der Waals surface area contributed by atoms with E-state index in [1.54, 1.807) is 19.1 Å². The zero-order valence-electron chi connectivity index (χ0n) is 16.6. The molecule has 3 aromatic rings. The molecule has 0 aliphatic carbocycles. The van der Waals surface area contributed by atoms with Crippen LogP contribution >= 0.6 is 11.3 Å². The normalized spacial score (nSPS) is 14.2. The third-order valence-electron chi connectivity index (χ3n) is 4.98. The van der Waals surface area contributed by atoms with Crippen molar-refractivity contribution in [3.63, 3.8) is 0 Å². The molecule has 0 bridgehead atoms. The number of hydrogen-bond donors (Lipinski definition) is 1. The van der Waals surface area contributed by atoms with Gasteiger partial charge in [-0.25, -0.2) is 12.8 Å². The lowest BCUT2D eigenvalue weighted by Gasteiger charge is -2.28. The minimum atomic E-state index is -3.90. The first-order valence-corrected chi connectivity index (χ1v) is 11.4. The average Bonchev–Trinajstić information content (AvgIpc) is 2.96. The highest BCUT2D eigenvalue weighted by molar-refractivity contribution is 7.93. The van der Waals surface area contributed by atoms with Gasteiger partial charge in [0.05, 0.1) is 17.4 Å². The SMILES string of the molecule is CC#Cc1ccc2sc3cc(F)c([C@@](C)(N)CS(=O)(=O)C(C)(C)C#N)cc3c2c1. The molecule has 0 spiro atoms. The summed E-state index contributed by atoms with van der Waals surface area (Å²) in [5.74, 6) is 4.76. The summed E-state index contributed by atoms with van der Waals surface area (Å²) in [6.07, 6.45) is 0. The van der Waals surface area contributed by atoms with Gasteiger partial charge in [-0.1, -0.05) is 5.92 Å². The Labute approximate surface area is 174 Å². The molecule has 7 heteroatoms. The van der Waals surface area contributed by atoms with E-state index in [9.17, 15) is 18.1 Å². The van der Waals surface area contributed by atoms with Gasteiger partial charge in [-0.05, 0) is 58.0 Å². The van der Waals surface area contributed by atoms with Crippen molar-refractivity contribution in [2.75, 3.05) is 5.75 Å². The van der Waals surface area contributed by atoms with Crippen LogP contribution in [-0.2, 0) is 15.4 Å². The smallest absolute Gasteiger partial charge is 0.170 e. The van der Waals surface area contributed by atoms with Gasteiger partial charge in [-0.2, -0.15) is 5.26 Å². The average molecular weight is 429 g/mol. The van der Waals surface area contributed by atoms with Crippen molar-refractivity contribution < 1.29 is 12.8 Å². The van der Waals surface area contributed by atoms with Crippen molar-refractivity contribution in [3.8, 4) is 17.9 Å². The Kier molecular flexibility index (Phi) is 5.21. The molecule has 29 heavy (non-hydrogen) atoms. The van der Waals surface area contributed by atoms with Crippen LogP contribution in [0.3, 0.4) is 0 Å². The Balaban J connectivity index is 2.19. The molecule has 150 valence electrons. The molecule has 1 aromatic heterocycles. The van der Waals surface area contributed by atoms with Gasteiger partial charge >= 0.3 is 0 Å². The number of nitriles is 1. The van der Waals surface area contributed by atoms with E-state index >= 15 is 0 Å². The number of sulfone groups is 1. The number of benzene rings is 2. The van der Waals surface area contributed by atoms with Gasteiger partial charge in [0.2, 0.25) is 0 Å². The Morgan fingerprint density at radius 1 is 1.14 bits per heavy atom. The van der Waals surface area contributed by atoms with Gasteiger partial charge in [-0.3, -0.25) is 0 Å². The van der Waals surface area contributed by atoms with Crippen molar-refractivity contribution >= 4 is 41.3 Å². The molecule has 0 aliphatic heterocycles. The van der Waals surface area contributed by atoms with E-state index in [2.05, 4.69) is 11.8 Å². The molecular weight excluding hydrogens is 407 g/mol. The molecule has 3 rings (SSSR count). The van der Waals surface area contributed by atoms with Crippen molar-refractivity contribution in [1.82, 2.24) is 0 Å². The molecule has 4 nitrogen and oxygen atoms in total. The summed E-state index contributed by atoms with van der Waals surface area (Å²) in [5.41, 5.74) is 5.76. The topological polar surface area (TPSA) is 84.0 Å². The fourth-order valence-corrected chi connectivity index (χ4v) is 5.72. The zero-order valence-corrected chi connectivity index (χ0v) is 18.3. The summed E-state index contributed by atoms with van der Waals surface area (Å²) in [5, 5.41) is 10.9. The van der Waals surface area contributed by atoms with Crippen molar-refractivity contribution in [2.24, 2.45) is 5.73 Å². The highest BCUT2D eigenvalue weighted by atomic mass is 32.2. The number of fused-ring (bicyclic) bond motifs is 3. The van der Waals surface area contributed by atoms with Crippen LogP contribution < -0.4 is 5.73 Å². The molecule has 1 heterocycles. The second-order valence-electron chi connectivity index (χ2n) is 7.81. The van der Waals surface area contributed by atoms with Gasteiger partial charge < -0.3 is 5.73 Å². The van der Waals surface area contributed by atoms with Gasteiger partial charge in [0, 0.05) is 31.3 Å². The molecule has 0 saturated carbocycles. The van der Waals surface area contributed by atoms with Crippen LogP contribution in [0, 0.1) is 29.0 Å². The minimum absolute atomic E-state index is 0.106. The summed E-state index contributed by atoms with van der Waals surface area (Å²) in [4.78, 5) is 0. The van der Waals surface area contributed by atoms with Crippen LogP contribution in [0.2, 0.25) is 0 Å². The lowest BCUT2D eigenvalue weighted by molar-refractivity contribution is 0.488. The Hall–Kier alpha value is -2.45. The summed E-state index contributed by atoms with van der Waals surface area (Å²) >= 11 is 1.45. The van der Waals surface area contributed by atoms with Crippen LogP contribution in [0.5, 0.6) is 0 Å². The monoisotopic (exact) mass is 428 g/mol. The highest BCUT2D eigenvalue weighted by Gasteiger charge is 2.41. The Bertz CT molecular complexity index is 1330. The van der Waals surface area contributed by atoms with Gasteiger partial charge in [0.15, 0.2) is 14.6 Å². The van der Waals surface area contributed by atoms with Crippen LogP contribution in [0.4, 0.5) is 4.39 Å². The first-order valence-electron chi connectivity index (χ1n) is 8.93. The summed E-state index contributed by atoms with van der Waals surface area (Å²) in [6, 6.07) is 10.6. The number of nitrogens with zero attached hydrogens (tertiary/aromatic N) is 1. The van der Waals surface area contributed by atoms with Crippen LogP contribution in [-0.4, -0.2) is 18.9 Å². The van der Waals surface area contributed by atoms with Gasteiger partial charge in [-0.15, -0.1) is 17.3 Å². The number of nitrogens with two attached hydrogens (primary N) is 1. The van der Waals surface area contributed by atoms with E-state index < -0.39 is 31.7 Å². The lowest BCUT2D eigenvalue weighted by Crippen LogP contribution is -2.46. The molecule has 0 fully saturated rings. The molecule has 0 saturated heterocycles. The summed E-state index contributed by atoms with van der Waals surface area (Å²) in [6.45, 7) is 5.87. The quantitative estimate of drug-likeness (QED) is 0.622. The summed E-state index contributed by atoms with van der Waals surface area (Å²) < 4.78 is 40.4. The van der Waals surface area contributed by atoms with Crippen molar-refractivity contribution in [1.29, 1.82) is 5.26 Å². The fourth-order valence-electron chi connectivity index (χ4n) is 3.18. The van der Waals surface area contributed by atoms with E-state index in [1.165, 1.54) is 38.2 Å². The van der Waals surface area contributed by atoms with E-state index in [0.29, 0.717) is 0 Å². The number of thiophene rings is 1. The van der Waals surface area contributed by atoms with E-state index in [1.807, 2.05) is 18.2 Å². The van der Waals surface area contributed by atoms with E-state index in [4.69, 9.17) is 5.73 Å². The van der Waals surface area contributed by atoms with Crippen molar-refractivity contribution in [3.05, 3.63) is 47.3 Å². The fraction of sp³-hybridized carbons (Fsp3) is 0.318. The molecule has 1 atom stereocenters. The van der Waals surface area contributed by atoms with Crippen molar-refractivity contribution in [2.45, 2.75) is 38.0 Å². The van der Waals surface area contributed by atoms with E-state index in [0.717, 1.165) is 25.7 Å². The number of rotatable bonds is 4. The molecule has 2 N–H and O–H groups in total. The minimum Gasteiger partial charge on any atom is -0.321 e. The first kappa shape index (κ1) is 21.3. The predicted octanol–water partition coefficient (Wildman–Crippen LogP) is 4.46. The number of hydrogen-bond acceptors (Lipinski definition) is 5. The molecule has 0 aliphatic rings. The second kappa shape index (κ2) is 7.11. The zero-order chi connectivity index (χ0) is 21.6. The maximum atomic E-state index is 14.9. The molecular formula is C22H21FN2O2S2. The van der Waals surface area contributed by atoms with Gasteiger partial charge in [0.1, 0.15) is 5.82 Å². The maximum absolute atomic E-state index is 14.9. The second-order valence-corrected chi connectivity index (χ2v) is 11.4. The Morgan fingerprint density at radius 2 is 1.79 bits per heavy atom. The van der Waals surface area contributed by atoms with Crippen LogP contribution in [0.1, 0.15) is 38.8 Å². The third kappa shape index (κ3) is 3.74. The number of halogens is 1. The van der Waals surface area contributed by atoms with Crippen LogP contribution in [0.25, 0.3) is 20.2 Å². The summed E-state index contributed by atoms with van der Waals surface area (Å²) in [7, 11) is -3.90. The van der Waals surface area contributed by atoms with Gasteiger partial charge in [0.25, 0.3) is 0 Å². The standard InChI is InChI=1S/C22H21FN2O2S2/c1-5-6-14-7-8-19-15(9-14)16-10-17(18(23)11-20(16)28-19)22(4,25)13-29(26,27)21(2,3)12-24/h7-11H,13,25H2,1-4H3/t22-/m0/s1.